The monoisotopic (exact) mass is 338 g/mol. The van der Waals surface area contributed by atoms with E-state index in [0.717, 1.165) is 12.8 Å². The molecule has 130 valence electrons. The summed E-state index contributed by atoms with van der Waals surface area (Å²) in [4.78, 5) is 0. The van der Waals surface area contributed by atoms with E-state index in [4.69, 9.17) is 0 Å². The van der Waals surface area contributed by atoms with E-state index in [0.29, 0.717) is 0 Å². The van der Waals surface area contributed by atoms with Gasteiger partial charge in [0, 0.05) is 5.41 Å². The van der Waals surface area contributed by atoms with Gasteiger partial charge in [-0.1, -0.05) is 67.6 Å². The van der Waals surface area contributed by atoms with Gasteiger partial charge >= 0.3 is 0 Å². The molecule has 0 nitrogen and oxygen atoms in total. The number of benzene rings is 2. The highest BCUT2D eigenvalue weighted by molar-refractivity contribution is 5.85. The maximum absolute atomic E-state index is 4.15. The summed E-state index contributed by atoms with van der Waals surface area (Å²) in [5, 5.41) is 2.76. The average Bonchev–Trinajstić information content (AvgIpc) is 3.04. The summed E-state index contributed by atoms with van der Waals surface area (Å²) in [6.07, 6.45) is 14.2. The van der Waals surface area contributed by atoms with Crippen LogP contribution in [0.2, 0.25) is 0 Å². The number of hydrogen-bond donors (Lipinski definition) is 0. The fourth-order valence-electron chi connectivity index (χ4n) is 5.58. The molecule has 2 aromatic carbocycles. The minimum Gasteiger partial charge on any atom is -0.0984 e. The van der Waals surface area contributed by atoms with Crippen LogP contribution < -0.4 is 0 Å². The second kappa shape index (κ2) is 5.84. The van der Waals surface area contributed by atoms with Crippen molar-refractivity contribution in [2.75, 3.05) is 0 Å². The van der Waals surface area contributed by atoms with Gasteiger partial charge in [0.2, 0.25) is 0 Å². The zero-order chi connectivity index (χ0) is 17.7. The molecule has 3 aliphatic rings. The van der Waals surface area contributed by atoms with E-state index < -0.39 is 0 Å². The summed E-state index contributed by atoms with van der Waals surface area (Å²) >= 11 is 0. The van der Waals surface area contributed by atoms with Crippen molar-refractivity contribution in [3.63, 3.8) is 0 Å². The van der Waals surface area contributed by atoms with Gasteiger partial charge in [-0.3, -0.25) is 0 Å². The molecular weight excluding hydrogens is 312 g/mol. The molecule has 5 rings (SSSR count). The predicted molar refractivity (Wildman–Crippen MR) is 111 cm³/mol. The summed E-state index contributed by atoms with van der Waals surface area (Å²) in [5.41, 5.74) is 9.41. The van der Waals surface area contributed by atoms with Crippen LogP contribution in [0.3, 0.4) is 0 Å². The Labute approximate surface area is 156 Å². The van der Waals surface area contributed by atoms with Crippen LogP contribution in [0.25, 0.3) is 10.8 Å². The molecule has 0 N–H and O–H groups in total. The van der Waals surface area contributed by atoms with Crippen molar-refractivity contribution in [3.8, 4) is 0 Å². The second-order valence-corrected chi connectivity index (χ2v) is 8.00. The molecule has 0 aliphatic heterocycles. The molecule has 1 atom stereocenters. The fourth-order valence-corrected chi connectivity index (χ4v) is 5.58. The van der Waals surface area contributed by atoms with Gasteiger partial charge in [0.15, 0.2) is 0 Å². The Bertz CT molecular complexity index is 1010. The van der Waals surface area contributed by atoms with Crippen LogP contribution in [0.1, 0.15) is 50.2 Å². The van der Waals surface area contributed by atoms with Crippen LogP contribution >= 0.6 is 0 Å². The van der Waals surface area contributed by atoms with Gasteiger partial charge in [-0.2, -0.15) is 0 Å². The van der Waals surface area contributed by atoms with Crippen molar-refractivity contribution in [2.45, 2.75) is 50.9 Å². The molecule has 0 heteroatoms. The molecule has 0 amide bonds. The van der Waals surface area contributed by atoms with Gasteiger partial charge in [0.1, 0.15) is 0 Å². The lowest BCUT2D eigenvalue weighted by molar-refractivity contribution is 0.478. The average molecular weight is 338 g/mol. The first-order valence-corrected chi connectivity index (χ1v) is 10.0. The summed E-state index contributed by atoms with van der Waals surface area (Å²) in [6, 6.07) is 13.8. The van der Waals surface area contributed by atoms with E-state index >= 15 is 0 Å². The van der Waals surface area contributed by atoms with Gasteiger partial charge in [-0.15, -0.1) is 0 Å². The molecule has 1 unspecified atom stereocenters. The molecule has 0 saturated carbocycles. The largest absolute Gasteiger partial charge is 0.0984 e. The maximum atomic E-state index is 4.15. The lowest BCUT2D eigenvalue weighted by atomic mass is 9.61. The molecule has 0 fully saturated rings. The van der Waals surface area contributed by atoms with Gasteiger partial charge in [0.05, 0.1) is 0 Å². The third-order valence-electron chi connectivity index (χ3n) is 6.79. The highest BCUT2D eigenvalue weighted by atomic mass is 14.5. The maximum Gasteiger partial charge on any atom is 0.0249 e. The van der Waals surface area contributed by atoms with Gasteiger partial charge in [-0.25, -0.2) is 0 Å². The number of allylic oxidation sites excluding steroid dienone is 7. The Kier molecular flexibility index (Phi) is 3.57. The third-order valence-corrected chi connectivity index (χ3v) is 6.79. The van der Waals surface area contributed by atoms with E-state index in [1.54, 1.807) is 22.3 Å². The van der Waals surface area contributed by atoms with Crippen LogP contribution in [0.5, 0.6) is 0 Å². The Hall–Kier alpha value is -2.34. The first kappa shape index (κ1) is 15.9. The second-order valence-electron chi connectivity index (χ2n) is 8.00. The minimum absolute atomic E-state index is 0.184. The van der Waals surface area contributed by atoms with E-state index in [2.05, 4.69) is 68.1 Å². The zero-order valence-corrected chi connectivity index (χ0v) is 15.6. The number of aryl methyl sites for hydroxylation is 1. The number of hydrogen-bond acceptors (Lipinski definition) is 0. The molecule has 0 radical (unpaired) electrons. The molecular formula is C26H26. The molecule has 1 spiro atoms. The van der Waals surface area contributed by atoms with Gasteiger partial charge in [0.25, 0.3) is 0 Å². The molecule has 0 bridgehead atoms. The Morgan fingerprint density at radius 2 is 1.85 bits per heavy atom. The molecule has 0 saturated heterocycles. The first-order chi connectivity index (χ1) is 12.8. The lowest BCUT2D eigenvalue weighted by Gasteiger charge is -2.42. The van der Waals surface area contributed by atoms with E-state index in [9.17, 15) is 0 Å². The summed E-state index contributed by atoms with van der Waals surface area (Å²) < 4.78 is 0. The fraction of sp³-hybridized carbons (Fsp3) is 0.308. The zero-order valence-electron chi connectivity index (χ0n) is 15.6. The van der Waals surface area contributed by atoms with Crippen molar-refractivity contribution < 1.29 is 0 Å². The smallest absolute Gasteiger partial charge is 0.0249 e. The first-order valence-electron chi connectivity index (χ1n) is 10.0. The van der Waals surface area contributed by atoms with E-state index in [1.165, 1.54) is 47.6 Å². The Balaban J connectivity index is 1.77. The van der Waals surface area contributed by atoms with Crippen LogP contribution in [-0.2, 0) is 11.8 Å². The third kappa shape index (κ3) is 2.08. The van der Waals surface area contributed by atoms with Crippen LogP contribution in [0, 0.1) is 0 Å². The Morgan fingerprint density at radius 1 is 1.08 bits per heavy atom. The van der Waals surface area contributed by atoms with Crippen molar-refractivity contribution in [3.05, 3.63) is 94.6 Å². The summed E-state index contributed by atoms with van der Waals surface area (Å²) in [7, 11) is 0. The highest BCUT2D eigenvalue weighted by Crippen LogP contribution is 2.57. The van der Waals surface area contributed by atoms with Gasteiger partial charge < -0.3 is 0 Å². The van der Waals surface area contributed by atoms with Crippen LogP contribution in [-0.4, -0.2) is 0 Å². The molecule has 0 heterocycles. The van der Waals surface area contributed by atoms with Crippen molar-refractivity contribution >= 4 is 10.8 Å². The van der Waals surface area contributed by atoms with Crippen molar-refractivity contribution in [1.29, 1.82) is 0 Å². The van der Waals surface area contributed by atoms with Crippen molar-refractivity contribution in [2.24, 2.45) is 0 Å². The standard InChI is InChI=1S/C26H26/c1-3-18-17-26(24-12-8-7-11-23(24)22(18)4-2)14-13-21-15-19-9-5-6-10-20(19)16-25(21)26/h4-6,9-12,15-16H,2-3,7-8,13-14,17H2,1H3. The normalized spacial score (nSPS) is 24.3. The van der Waals surface area contributed by atoms with Crippen LogP contribution in [0.15, 0.2) is 83.5 Å². The van der Waals surface area contributed by atoms with Crippen molar-refractivity contribution in [1.82, 2.24) is 0 Å². The van der Waals surface area contributed by atoms with Crippen LogP contribution in [0.4, 0.5) is 0 Å². The Morgan fingerprint density at radius 3 is 2.62 bits per heavy atom. The SMILES string of the molecule is C=CC1=C(CC)CC2(CCc3cc4ccccc4cc32)C2=CCCC=C21. The lowest BCUT2D eigenvalue weighted by Crippen LogP contribution is -2.32. The summed E-state index contributed by atoms with van der Waals surface area (Å²) in [5.74, 6) is 0. The molecule has 3 aliphatic carbocycles. The summed E-state index contributed by atoms with van der Waals surface area (Å²) in [6.45, 7) is 6.45. The highest BCUT2D eigenvalue weighted by Gasteiger charge is 2.46. The number of fused-ring (bicyclic) bond motifs is 5. The van der Waals surface area contributed by atoms with E-state index in [1.807, 2.05) is 0 Å². The van der Waals surface area contributed by atoms with E-state index in [-0.39, 0.29) is 5.41 Å². The minimum atomic E-state index is 0.184. The molecule has 0 aromatic heterocycles. The predicted octanol–water partition coefficient (Wildman–Crippen LogP) is 6.97. The number of rotatable bonds is 2. The molecule has 2 aromatic rings. The quantitative estimate of drug-likeness (QED) is 0.555. The topological polar surface area (TPSA) is 0 Å². The van der Waals surface area contributed by atoms with Gasteiger partial charge in [-0.05, 0) is 83.2 Å². The molecule has 26 heavy (non-hydrogen) atoms.